The van der Waals surface area contributed by atoms with Crippen LogP contribution in [-0.2, 0) is 4.79 Å². The van der Waals surface area contributed by atoms with Crippen LogP contribution in [0, 0.1) is 5.92 Å². The van der Waals surface area contributed by atoms with E-state index >= 15 is 0 Å². The number of benzene rings is 2. The van der Waals surface area contributed by atoms with Crippen molar-refractivity contribution in [3.8, 4) is 5.88 Å². The van der Waals surface area contributed by atoms with Crippen LogP contribution in [-0.4, -0.2) is 28.2 Å². The molecule has 0 amide bonds. The Morgan fingerprint density at radius 3 is 2.44 bits per heavy atom. The standard InChI is InChI=1S/C28H24N2O3S/c1-33-25-13-11-22(16-29-25)28(19-3-2-4-19)27(21-10-12-24-23(15-21)30-17-34-24)20-8-5-18(6-9-20)7-14-26(31)32/h5-17,19H,2-4H2,1H3,(H,31,32). The van der Waals surface area contributed by atoms with Gasteiger partial charge in [0.15, 0.2) is 0 Å². The molecule has 2 aromatic heterocycles. The van der Waals surface area contributed by atoms with E-state index in [0.29, 0.717) is 11.8 Å². The Hall–Kier alpha value is -3.77. The molecule has 0 spiro atoms. The molecule has 0 bridgehead atoms. The van der Waals surface area contributed by atoms with E-state index < -0.39 is 5.97 Å². The van der Waals surface area contributed by atoms with Gasteiger partial charge in [-0.15, -0.1) is 11.3 Å². The SMILES string of the molecule is COc1ccc(C(=C(c2ccc(C=CC(=O)O)cc2)c2ccc3scnc3c2)C2CCC2)cn1. The molecule has 0 saturated heterocycles. The van der Waals surface area contributed by atoms with Crippen LogP contribution in [0.5, 0.6) is 5.88 Å². The van der Waals surface area contributed by atoms with Gasteiger partial charge in [-0.05, 0) is 76.4 Å². The lowest BCUT2D eigenvalue weighted by Gasteiger charge is -2.31. The monoisotopic (exact) mass is 468 g/mol. The number of fused-ring (bicyclic) bond motifs is 1. The van der Waals surface area contributed by atoms with Crippen molar-refractivity contribution in [2.45, 2.75) is 19.3 Å². The minimum absolute atomic E-state index is 0.447. The average Bonchev–Trinajstić information content (AvgIpc) is 3.30. The van der Waals surface area contributed by atoms with Gasteiger partial charge in [0.25, 0.3) is 0 Å². The highest BCUT2D eigenvalue weighted by atomic mass is 32.1. The third-order valence-electron chi connectivity index (χ3n) is 6.28. The summed E-state index contributed by atoms with van der Waals surface area (Å²) in [6, 6.07) is 18.5. The summed E-state index contributed by atoms with van der Waals surface area (Å²) in [5.74, 6) is 0.0835. The fourth-order valence-electron chi connectivity index (χ4n) is 4.36. The first-order valence-corrected chi connectivity index (χ1v) is 12.1. The van der Waals surface area contributed by atoms with Gasteiger partial charge >= 0.3 is 5.97 Å². The summed E-state index contributed by atoms with van der Waals surface area (Å²) in [5.41, 5.74) is 9.45. The molecular weight excluding hydrogens is 444 g/mol. The number of hydrogen-bond donors (Lipinski definition) is 1. The molecule has 1 N–H and O–H groups in total. The highest BCUT2D eigenvalue weighted by Crippen LogP contribution is 2.45. The van der Waals surface area contributed by atoms with E-state index in [1.54, 1.807) is 24.5 Å². The van der Waals surface area contributed by atoms with Gasteiger partial charge in [-0.2, -0.15) is 0 Å². The van der Waals surface area contributed by atoms with Crippen molar-refractivity contribution >= 4 is 44.7 Å². The molecule has 0 radical (unpaired) electrons. The number of allylic oxidation sites excluding steroid dienone is 1. The molecule has 2 heterocycles. The molecule has 0 aliphatic heterocycles. The van der Waals surface area contributed by atoms with E-state index in [1.165, 1.54) is 17.6 Å². The Morgan fingerprint density at radius 2 is 1.79 bits per heavy atom. The van der Waals surface area contributed by atoms with E-state index in [-0.39, 0.29) is 0 Å². The van der Waals surface area contributed by atoms with Crippen molar-refractivity contribution < 1.29 is 14.6 Å². The molecule has 5 nitrogen and oxygen atoms in total. The van der Waals surface area contributed by atoms with E-state index in [9.17, 15) is 4.79 Å². The molecule has 170 valence electrons. The fourth-order valence-corrected chi connectivity index (χ4v) is 5.02. The molecule has 34 heavy (non-hydrogen) atoms. The van der Waals surface area contributed by atoms with Crippen LogP contribution < -0.4 is 4.74 Å². The number of carboxylic acids is 1. The summed E-state index contributed by atoms with van der Waals surface area (Å²) in [5, 5.41) is 8.95. The van der Waals surface area contributed by atoms with Crippen molar-refractivity contribution in [3.05, 3.63) is 94.6 Å². The minimum Gasteiger partial charge on any atom is -0.481 e. The Balaban J connectivity index is 1.71. The number of methoxy groups -OCH3 is 1. The lowest BCUT2D eigenvalue weighted by molar-refractivity contribution is -0.131. The number of aromatic nitrogens is 2. The van der Waals surface area contributed by atoms with Crippen molar-refractivity contribution in [3.63, 3.8) is 0 Å². The second kappa shape index (κ2) is 9.61. The quantitative estimate of drug-likeness (QED) is 0.311. The molecule has 1 saturated carbocycles. The van der Waals surface area contributed by atoms with Gasteiger partial charge in [0.05, 0.1) is 22.8 Å². The van der Waals surface area contributed by atoms with Crippen molar-refractivity contribution in [2.24, 2.45) is 5.92 Å². The number of ether oxygens (including phenoxy) is 1. The number of carboxylic acid groups (broad SMARTS) is 1. The molecule has 5 rings (SSSR count). The minimum atomic E-state index is -0.958. The van der Waals surface area contributed by atoms with Crippen molar-refractivity contribution in [1.82, 2.24) is 9.97 Å². The van der Waals surface area contributed by atoms with Gasteiger partial charge in [-0.25, -0.2) is 14.8 Å². The molecular formula is C28H24N2O3S. The molecule has 2 aromatic carbocycles. The summed E-state index contributed by atoms with van der Waals surface area (Å²) in [7, 11) is 1.62. The van der Waals surface area contributed by atoms with Crippen LogP contribution in [0.4, 0.5) is 0 Å². The molecule has 1 aliphatic carbocycles. The Bertz CT molecular complexity index is 1380. The number of nitrogens with zero attached hydrogens (tertiary/aromatic N) is 2. The van der Waals surface area contributed by atoms with Crippen LogP contribution in [0.2, 0.25) is 0 Å². The zero-order chi connectivity index (χ0) is 23.5. The Morgan fingerprint density at radius 1 is 1.03 bits per heavy atom. The number of carbonyl (C=O) groups is 1. The van der Waals surface area contributed by atoms with Crippen molar-refractivity contribution in [2.75, 3.05) is 7.11 Å². The van der Waals surface area contributed by atoms with Gasteiger partial charge in [0.1, 0.15) is 0 Å². The van der Waals surface area contributed by atoms with Gasteiger partial charge in [-0.3, -0.25) is 0 Å². The van der Waals surface area contributed by atoms with Crippen LogP contribution in [0.1, 0.15) is 41.5 Å². The normalized spacial score (nSPS) is 14.7. The van der Waals surface area contributed by atoms with E-state index in [4.69, 9.17) is 9.84 Å². The van der Waals surface area contributed by atoms with Crippen LogP contribution in [0.3, 0.4) is 0 Å². The topological polar surface area (TPSA) is 72.3 Å². The van der Waals surface area contributed by atoms with Crippen LogP contribution in [0.15, 0.2) is 72.4 Å². The van der Waals surface area contributed by atoms with Gasteiger partial charge < -0.3 is 9.84 Å². The summed E-state index contributed by atoms with van der Waals surface area (Å²) in [6.45, 7) is 0. The third-order valence-corrected chi connectivity index (χ3v) is 7.09. The number of aliphatic carboxylic acids is 1. The van der Waals surface area contributed by atoms with Crippen molar-refractivity contribution in [1.29, 1.82) is 0 Å². The molecule has 6 heteroatoms. The van der Waals surface area contributed by atoms with Crippen LogP contribution in [0.25, 0.3) is 27.4 Å². The predicted octanol–water partition coefficient (Wildman–Crippen LogP) is 6.56. The lowest BCUT2D eigenvalue weighted by Crippen LogP contribution is -2.15. The summed E-state index contributed by atoms with van der Waals surface area (Å²) in [4.78, 5) is 19.9. The Labute approximate surface area is 202 Å². The average molecular weight is 469 g/mol. The largest absolute Gasteiger partial charge is 0.481 e. The predicted molar refractivity (Wildman–Crippen MR) is 137 cm³/mol. The zero-order valence-corrected chi connectivity index (χ0v) is 19.6. The first-order valence-electron chi connectivity index (χ1n) is 11.2. The van der Waals surface area contributed by atoms with Crippen LogP contribution >= 0.6 is 11.3 Å². The number of thiazole rings is 1. The fraction of sp³-hybridized carbons (Fsp3) is 0.179. The summed E-state index contributed by atoms with van der Waals surface area (Å²) in [6.07, 6.45) is 8.17. The van der Waals surface area contributed by atoms with E-state index in [2.05, 4.69) is 46.4 Å². The number of rotatable bonds is 7. The lowest BCUT2D eigenvalue weighted by atomic mass is 9.73. The zero-order valence-electron chi connectivity index (χ0n) is 18.8. The molecule has 1 aliphatic rings. The molecule has 1 fully saturated rings. The Kier molecular flexibility index (Phi) is 6.23. The smallest absolute Gasteiger partial charge is 0.328 e. The maximum Gasteiger partial charge on any atom is 0.328 e. The maximum atomic E-state index is 10.9. The van der Waals surface area contributed by atoms with Gasteiger partial charge in [-0.1, -0.05) is 36.8 Å². The van der Waals surface area contributed by atoms with Gasteiger partial charge in [0, 0.05) is 18.3 Å². The highest BCUT2D eigenvalue weighted by Gasteiger charge is 2.27. The number of hydrogen-bond acceptors (Lipinski definition) is 5. The summed E-state index contributed by atoms with van der Waals surface area (Å²) >= 11 is 1.64. The molecule has 4 aromatic rings. The third kappa shape index (κ3) is 4.50. The maximum absolute atomic E-state index is 10.9. The van der Waals surface area contributed by atoms with Gasteiger partial charge in [0.2, 0.25) is 5.88 Å². The second-order valence-electron chi connectivity index (χ2n) is 8.33. The first kappa shape index (κ1) is 22.0. The number of pyridine rings is 1. The summed E-state index contributed by atoms with van der Waals surface area (Å²) < 4.78 is 6.45. The molecule has 0 unspecified atom stereocenters. The second-order valence-corrected chi connectivity index (χ2v) is 9.22. The van der Waals surface area contributed by atoms with E-state index in [1.807, 2.05) is 29.9 Å². The molecule has 0 atom stereocenters. The first-order chi connectivity index (χ1) is 16.6. The highest BCUT2D eigenvalue weighted by molar-refractivity contribution is 7.16. The van der Waals surface area contributed by atoms with E-state index in [0.717, 1.165) is 51.4 Å².